The molecule has 0 aliphatic carbocycles. The van der Waals surface area contributed by atoms with Crippen LogP contribution in [-0.4, -0.2) is 36.1 Å². The molecule has 13 heavy (non-hydrogen) atoms. The minimum absolute atomic E-state index is 0.354. The summed E-state index contributed by atoms with van der Waals surface area (Å²) < 4.78 is 0. The minimum Gasteiger partial charge on any atom is -0.312 e. The molecule has 3 saturated heterocycles. The fourth-order valence-electron chi connectivity index (χ4n) is 2.49. The SMILES string of the molecule is CC(C)(C)N1C[C@H]2CC[C@@H](C1)NC2. The lowest BCUT2D eigenvalue weighted by Crippen LogP contribution is -2.46. The zero-order valence-corrected chi connectivity index (χ0v) is 9.14. The second kappa shape index (κ2) is 3.25. The molecule has 0 aromatic heterocycles. The molecule has 3 fully saturated rings. The molecule has 1 N–H and O–H groups in total. The highest BCUT2D eigenvalue weighted by atomic mass is 15.2. The molecule has 0 amide bonds. The Morgan fingerprint density at radius 1 is 1.15 bits per heavy atom. The van der Waals surface area contributed by atoms with Crippen LogP contribution in [0.1, 0.15) is 33.6 Å². The lowest BCUT2D eigenvalue weighted by atomic mass is 9.97. The summed E-state index contributed by atoms with van der Waals surface area (Å²) in [5, 5.41) is 3.64. The van der Waals surface area contributed by atoms with Gasteiger partial charge in [-0.1, -0.05) is 0 Å². The number of rotatable bonds is 0. The molecule has 0 saturated carbocycles. The van der Waals surface area contributed by atoms with Gasteiger partial charge in [0.25, 0.3) is 0 Å². The summed E-state index contributed by atoms with van der Waals surface area (Å²) in [6, 6.07) is 0.762. The highest BCUT2D eigenvalue weighted by molar-refractivity contribution is 4.91. The summed E-state index contributed by atoms with van der Waals surface area (Å²) in [6.07, 6.45) is 2.82. The van der Waals surface area contributed by atoms with Crippen molar-refractivity contribution in [2.45, 2.75) is 45.2 Å². The maximum Gasteiger partial charge on any atom is 0.0195 e. The average Bonchev–Trinajstić information content (AvgIpc) is 2.34. The van der Waals surface area contributed by atoms with Crippen LogP contribution < -0.4 is 5.32 Å². The standard InChI is InChI=1S/C11H22N2/c1-11(2,3)13-7-9-4-5-10(8-13)12-6-9/h9-10,12H,4-8H2,1-3H3/t9-,10-/m0/s1. The van der Waals surface area contributed by atoms with Gasteiger partial charge in [-0.15, -0.1) is 0 Å². The van der Waals surface area contributed by atoms with E-state index in [0.717, 1.165) is 12.0 Å². The van der Waals surface area contributed by atoms with Gasteiger partial charge in [0, 0.05) is 24.7 Å². The lowest BCUT2D eigenvalue weighted by Gasteiger charge is -2.35. The van der Waals surface area contributed by atoms with Gasteiger partial charge in [-0.3, -0.25) is 4.90 Å². The van der Waals surface area contributed by atoms with E-state index in [2.05, 4.69) is 31.0 Å². The minimum atomic E-state index is 0.354. The van der Waals surface area contributed by atoms with Gasteiger partial charge in [-0.2, -0.15) is 0 Å². The van der Waals surface area contributed by atoms with Crippen molar-refractivity contribution in [3.63, 3.8) is 0 Å². The van der Waals surface area contributed by atoms with Crippen LogP contribution in [0, 0.1) is 5.92 Å². The van der Waals surface area contributed by atoms with Crippen molar-refractivity contribution in [2.75, 3.05) is 19.6 Å². The van der Waals surface area contributed by atoms with Crippen LogP contribution in [-0.2, 0) is 0 Å². The molecule has 76 valence electrons. The number of hydrogen-bond acceptors (Lipinski definition) is 2. The molecule has 3 rings (SSSR count). The summed E-state index contributed by atoms with van der Waals surface area (Å²) in [5.74, 6) is 0.901. The fraction of sp³-hybridized carbons (Fsp3) is 1.00. The van der Waals surface area contributed by atoms with Crippen molar-refractivity contribution in [1.82, 2.24) is 10.2 Å². The van der Waals surface area contributed by atoms with Gasteiger partial charge < -0.3 is 5.32 Å². The predicted molar refractivity (Wildman–Crippen MR) is 55.8 cm³/mol. The van der Waals surface area contributed by atoms with Crippen molar-refractivity contribution >= 4 is 0 Å². The van der Waals surface area contributed by atoms with Crippen molar-refractivity contribution in [3.05, 3.63) is 0 Å². The molecule has 3 aliphatic rings. The van der Waals surface area contributed by atoms with Gasteiger partial charge >= 0.3 is 0 Å². The second-order valence-electron chi connectivity index (χ2n) is 5.62. The molecular formula is C11H22N2. The fourth-order valence-corrected chi connectivity index (χ4v) is 2.49. The third-order valence-corrected chi connectivity index (χ3v) is 3.49. The molecule has 2 heteroatoms. The van der Waals surface area contributed by atoms with E-state index in [0.29, 0.717) is 5.54 Å². The Balaban J connectivity index is 2.07. The first-order valence-corrected chi connectivity index (χ1v) is 5.54. The number of piperidine rings is 1. The molecule has 3 heterocycles. The number of nitrogens with zero attached hydrogens (tertiary/aromatic N) is 1. The van der Waals surface area contributed by atoms with Crippen LogP contribution in [0.5, 0.6) is 0 Å². The molecule has 0 aromatic rings. The van der Waals surface area contributed by atoms with Gasteiger partial charge in [0.05, 0.1) is 0 Å². The maximum absolute atomic E-state index is 3.64. The van der Waals surface area contributed by atoms with E-state index < -0.39 is 0 Å². The summed E-state index contributed by atoms with van der Waals surface area (Å²) in [7, 11) is 0. The zero-order chi connectivity index (χ0) is 9.47. The van der Waals surface area contributed by atoms with Crippen LogP contribution in [0.2, 0.25) is 0 Å². The molecule has 2 nitrogen and oxygen atoms in total. The van der Waals surface area contributed by atoms with Crippen LogP contribution in [0.15, 0.2) is 0 Å². The van der Waals surface area contributed by atoms with Gasteiger partial charge in [-0.25, -0.2) is 0 Å². The smallest absolute Gasteiger partial charge is 0.0195 e. The Kier molecular flexibility index (Phi) is 2.37. The Morgan fingerprint density at radius 3 is 2.46 bits per heavy atom. The Labute approximate surface area is 81.7 Å². The maximum atomic E-state index is 3.64. The molecule has 0 spiro atoms. The summed E-state index contributed by atoms with van der Waals surface area (Å²) in [5.41, 5.74) is 0.354. The Morgan fingerprint density at radius 2 is 1.92 bits per heavy atom. The quantitative estimate of drug-likeness (QED) is 0.610. The zero-order valence-electron chi connectivity index (χ0n) is 9.14. The highest BCUT2D eigenvalue weighted by Gasteiger charge is 2.33. The third kappa shape index (κ3) is 2.05. The monoisotopic (exact) mass is 182 g/mol. The number of fused-ring (bicyclic) bond motifs is 4. The first-order valence-electron chi connectivity index (χ1n) is 5.54. The molecule has 0 radical (unpaired) electrons. The van der Waals surface area contributed by atoms with E-state index in [-0.39, 0.29) is 0 Å². The van der Waals surface area contributed by atoms with Gasteiger partial charge in [0.2, 0.25) is 0 Å². The molecule has 0 aromatic carbocycles. The van der Waals surface area contributed by atoms with Crippen molar-refractivity contribution in [1.29, 1.82) is 0 Å². The number of hydrogen-bond donors (Lipinski definition) is 1. The molecule has 3 aliphatic heterocycles. The Hall–Kier alpha value is -0.0800. The summed E-state index contributed by atoms with van der Waals surface area (Å²) in [4.78, 5) is 2.65. The van der Waals surface area contributed by atoms with E-state index in [4.69, 9.17) is 0 Å². The van der Waals surface area contributed by atoms with Gasteiger partial charge in [0.15, 0.2) is 0 Å². The van der Waals surface area contributed by atoms with Crippen LogP contribution >= 0.6 is 0 Å². The van der Waals surface area contributed by atoms with E-state index >= 15 is 0 Å². The van der Waals surface area contributed by atoms with Crippen molar-refractivity contribution < 1.29 is 0 Å². The predicted octanol–water partition coefficient (Wildman–Crippen LogP) is 1.47. The largest absolute Gasteiger partial charge is 0.312 e. The van der Waals surface area contributed by atoms with Crippen LogP contribution in [0.4, 0.5) is 0 Å². The van der Waals surface area contributed by atoms with E-state index in [1.807, 2.05) is 0 Å². The summed E-state index contributed by atoms with van der Waals surface area (Å²) >= 11 is 0. The normalized spacial score (nSPS) is 36.2. The molecule has 0 unspecified atom stereocenters. The van der Waals surface area contributed by atoms with Crippen molar-refractivity contribution in [2.24, 2.45) is 5.92 Å². The van der Waals surface area contributed by atoms with Gasteiger partial charge in [-0.05, 0) is 46.1 Å². The second-order valence-corrected chi connectivity index (χ2v) is 5.62. The Bertz CT molecular complexity index is 161. The van der Waals surface area contributed by atoms with E-state index in [1.54, 1.807) is 0 Å². The molecule has 2 bridgehead atoms. The van der Waals surface area contributed by atoms with E-state index in [1.165, 1.54) is 32.5 Å². The molecule has 2 atom stereocenters. The summed E-state index contributed by atoms with van der Waals surface area (Å²) in [6.45, 7) is 10.8. The first-order chi connectivity index (χ1) is 6.05. The van der Waals surface area contributed by atoms with Crippen LogP contribution in [0.25, 0.3) is 0 Å². The van der Waals surface area contributed by atoms with Crippen LogP contribution in [0.3, 0.4) is 0 Å². The topological polar surface area (TPSA) is 15.3 Å². The first kappa shape index (κ1) is 9.47. The lowest BCUT2D eigenvalue weighted by molar-refractivity contribution is 0.131. The molecular weight excluding hydrogens is 160 g/mol. The average molecular weight is 182 g/mol. The van der Waals surface area contributed by atoms with Gasteiger partial charge in [0.1, 0.15) is 0 Å². The number of nitrogens with one attached hydrogen (secondary N) is 1. The van der Waals surface area contributed by atoms with E-state index in [9.17, 15) is 0 Å². The van der Waals surface area contributed by atoms with Crippen molar-refractivity contribution in [3.8, 4) is 0 Å². The third-order valence-electron chi connectivity index (χ3n) is 3.49. The highest BCUT2D eigenvalue weighted by Crippen LogP contribution is 2.26.